The van der Waals surface area contributed by atoms with Gasteiger partial charge in [-0.3, -0.25) is 10.1 Å². The second kappa shape index (κ2) is 6.50. The average Bonchev–Trinajstić information content (AvgIpc) is 2.46. The van der Waals surface area contributed by atoms with Crippen LogP contribution in [0.15, 0.2) is 18.2 Å². The number of thioether (sulfide) groups is 1. The third kappa shape index (κ3) is 3.10. The summed E-state index contributed by atoms with van der Waals surface area (Å²) in [6.45, 7) is 4.12. The van der Waals surface area contributed by atoms with Crippen molar-refractivity contribution in [2.24, 2.45) is 5.92 Å². The lowest BCUT2D eigenvalue weighted by molar-refractivity contribution is -0.114. The van der Waals surface area contributed by atoms with Crippen molar-refractivity contribution in [1.29, 1.82) is 0 Å². The molecule has 2 atom stereocenters. The Kier molecular flexibility index (Phi) is 4.94. The molecule has 1 heterocycles. The Balaban J connectivity index is 2.25. The first-order valence-corrected chi connectivity index (χ1v) is 7.70. The molecule has 4 nitrogen and oxygen atoms in total. The maximum absolute atomic E-state index is 11.9. The van der Waals surface area contributed by atoms with Gasteiger partial charge >= 0.3 is 0 Å². The van der Waals surface area contributed by atoms with Crippen molar-refractivity contribution >= 4 is 16.9 Å². The van der Waals surface area contributed by atoms with E-state index in [2.05, 4.69) is 19.2 Å². The summed E-state index contributed by atoms with van der Waals surface area (Å²) in [7, 11) is 3.29. The van der Waals surface area contributed by atoms with Gasteiger partial charge in [0, 0.05) is 23.4 Å². The van der Waals surface area contributed by atoms with Crippen LogP contribution < -0.4 is 14.8 Å². The molecular formula is C15H21NO3S. The largest absolute Gasteiger partial charge is 0.497 e. The van der Waals surface area contributed by atoms with E-state index in [0.29, 0.717) is 0 Å². The molecule has 0 bridgehead atoms. The number of carbonyl (C=O) groups is 1. The van der Waals surface area contributed by atoms with Crippen LogP contribution in [0.25, 0.3) is 0 Å². The fraction of sp³-hybridized carbons (Fsp3) is 0.533. The van der Waals surface area contributed by atoms with Crippen LogP contribution in [-0.4, -0.2) is 31.1 Å². The van der Waals surface area contributed by atoms with E-state index in [1.54, 1.807) is 14.2 Å². The lowest BCUT2D eigenvalue weighted by Crippen LogP contribution is -2.46. The summed E-state index contributed by atoms with van der Waals surface area (Å²) in [5.74, 6) is 2.57. The van der Waals surface area contributed by atoms with Crippen LogP contribution in [0.4, 0.5) is 0 Å². The van der Waals surface area contributed by atoms with Crippen LogP contribution in [-0.2, 0) is 4.79 Å². The molecule has 1 fully saturated rings. The Hall–Kier alpha value is -1.20. The molecule has 2 rings (SSSR count). The summed E-state index contributed by atoms with van der Waals surface area (Å²) in [5, 5.41) is 3.67. The summed E-state index contributed by atoms with van der Waals surface area (Å²) in [5.41, 5.74) is 1.07. The molecule has 5 heteroatoms. The molecule has 0 spiro atoms. The molecule has 1 N–H and O–H groups in total. The van der Waals surface area contributed by atoms with E-state index in [1.165, 1.54) is 11.8 Å². The zero-order valence-corrected chi connectivity index (χ0v) is 13.1. The summed E-state index contributed by atoms with van der Waals surface area (Å²) >= 11 is 1.40. The van der Waals surface area contributed by atoms with E-state index in [1.807, 2.05) is 18.2 Å². The minimum absolute atomic E-state index is 0.106. The molecule has 0 aromatic heterocycles. The van der Waals surface area contributed by atoms with Crippen molar-refractivity contribution in [2.45, 2.75) is 25.9 Å². The SMILES string of the molecule is COc1ccc([C@@H]2CSC(=O)[C@H](C(C)C)N2)c(OC)c1. The number of carbonyl (C=O) groups excluding carboxylic acids is 1. The molecule has 1 aliphatic heterocycles. The van der Waals surface area contributed by atoms with E-state index in [0.717, 1.165) is 22.8 Å². The molecule has 1 aliphatic rings. The second-order valence-electron chi connectivity index (χ2n) is 5.18. The zero-order valence-electron chi connectivity index (χ0n) is 12.3. The van der Waals surface area contributed by atoms with Crippen LogP contribution in [0.1, 0.15) is 25.5 Å². The fourth-order valence-corrected chi connectivity index (χ4v) is 3.47. The molecule has 1 aromatic carbocycles. The highest BCUT2D eigenvalue weighted by atomic mass is 32.2. The van der Waals surface area contributed by atoms with Gasteiger partial charge in [0.1, 0.15) is 11.5 Å². The van der Waals surface area contributed by atoms with Crippen molar-refractivity contribution in [1.82, 2.24) is 5.32 Å². The van der Waals surface area contributed by atoms with E-state index in [-0.39, 0.29) is 23.1 Å². The van der Waals surface area contributed by atoms with E-state index < -0.39 is 0 Å². The van der Waals surface area contributed by atoms with Crippen molar-refractivity contribution in [3.63, 3.8) is 0 Å². The molecule has 0 amide bonds. The first-order valence-electron chi connectivity index (χ1n) is 6.71. The molecule has 20 heavy (non-hydrogen) atoms. The highest BCUT2D eigenvalue weighted by Gasteiger charge is 2.32. The van der Waals surface area contributed by atoms with Gasteiger partial charge < -0.3 is 9.47 Å². The maximum Gasteiger partial charge on any atom is 0.206 e. The third-order valence-corrected chi connectivity index (χ3v) is 4.55. The zero-order chi connectivity index (χ0) is 14.7. The Labute approximate surface area is 124 Å². The molecule has 1 aromatic rings. The number of ether oxygens (including phenoxy) is 2. The predicted octanol–water partition coefficient (Wildman–Crippen LogP) is 2.63. The summed E-state index contributed by atoms with van der Waals surface area (Å²) in [6.07, 6.45) is 0. The second-order valence-corrected chi connectivity index (χ2v) is 6.20. The Morgan fingerprint density at radius 3 is 2.65 bits per heavy atom. The fourth-order valence-electron chi connectivity index (χ4n) is 2.34. The number of nitrogens with one attached hydrogen (secondary N) is 1. The Morgan fingerprint density at radius 1 is 1.30 bits per heavy atom. The topological polar surface area (TPSA) is 47.6 Å². The molecule has 0 aliphatic carbocycles. The normalized spacial score (nSPS) is 22.9. The van der Waals surface area contributed by atoms with Gasteiger partial charge in [-0.2, -0.15) is 0 Å². The predicted molar refractivity (Wildman–Crippen MR) is 81.5 cm³/mol. The quantitative estimate of drug-likeness (QED) is 0.925. The molecule has 0 saturated carbocycles. The van der Waals surface area contributed by atoms with E-state index >= 15 is 0 Å². The van der Waals surface area contributed by atoms with Gasteiger partial charge in [-0.25, -0.2) is 0 Å². The van der Waals surface area contributed by atoms with Crippen molar-refractivity contribution in [2.75, 3.05) is 20.0 Å². The van der Waals surface area contributed by atoms with Gasteiger partial charge in [-0.15, -0.1) is 0 Å². The minimum atomic E-state index is -0.106. The van der Waals surface area contributed by atoms with Gasteiger partial charge in [0.25, 0.3) is 0 Å². The van der Waals surface area contributed by atoms with Crippen molar-refractivity contribution in [3.05, 3.63) is 23.8 Å². The number of hydrogen-bond acceptors (Lipinski definition) is 5. The first-order chi connectivity index (χ1) is 9.56. The van der Waals surface area contributed by atoms with Crippen LogP contribution in [0, 0.1) is 5.92 Å². The van der Waals surface area contributed by atoms with Crippen LogP contribution in [0.2, 0.25) is 0 Å². The summed E-state index contributed by atoms with van der Waals surface area (Å²) in [6, 6.07) is 5.81. The van der Waals surface area contributed by atoms with Gasteiger partial charge in [-0.1, -0.05) is 31.7 Å². The van der Waals surface area contributed by atoms with Crippen LogP contribution in [0.5, 0.6) is 11.5 Å². The highest BCUT2D eigenvalue weighted by Crippen LogP contribution is 2.34. The van der Waals surface area contributed by atoms with E-state index in [9.17, 15) is 4.79 Å². The molecule has 1 saturated heterocycles. The molecule has 0 unspecified atom stereocenters. The maximum atomic E-state index is 11.9. The van der Waals surface area contributed by atoms with E-state index in [4.69, 9.17) is 9.47 Å². The van der Waals surface area contributed by atoms with Crippen molar-refractivity contribution < 1.29 is 14.3 Å². The van der Waals surface area contributed by atoms with Gasteiger partial charge in [-0.05, 0) is 12.0 Å². The van der Waals surface area contributed by atoms with Crippen LogP contribution in [0.3, 0.4) is 0 Å². The number of benzene rings is 1. The number of rotatable bonds is 4. The highest BCUT2D eigenvalue weighted by molar-refractivity contribution is 8.13. The van der Waals surface area contributed by atoms with Gasteiger partial charge in [0.05, 0.1) is 20.3 Å². The number of methoxy groups -OCH3 is 2. The first kappa shape index (κ1) is 15.2. The lowest BCUT2D eigenvalue weighted by Gasteiger charge is -2.32. The summed E-state index contributed by atoms with van der Waals surface area (Å²) < 4.78 is 10.7. The van der Waals surface area contributed by atoms with Crippen LogP contribution >= 0.6 is 11.8 Å². The average molecular weight is 295 g/mol. The molecule has 110 valence electrons. The Bertz CT molecular complexity index is 490. The minimum Gasteiger partial charge on any atom is -0.497 e. The number of hydrogen-bond donors (Lipinski definition) is 1. The monoisotopic (exact) mass is 295 g/mol. The summed E-state index contributed by atoms with van der Waals surface area (Å²) in [4.78, 5) is 11.9. The Morgan fingerprint density at radius 2 is 2.05 bits per heavy atom. The van der Waals surface area contributed by atoms with Gasteiger partial charge in [0.2, 0.25) is 5.12 Å². The molecule has 0 radical (unpaired) electrons. The van der Waals surface area contributed by atoms with Gasteiger partial charge in [0.15, 0.2) is 0 Å². The standard InChI is InChI=1S/C15H21NO3S/c1-9(2)14-15(17)20-8-12(16-14)11-6-5-10(18-3)7-13(11)19-4/h5-7,9,12,14,16H,8H2,1-4H3/t12-,14-/m0/s1. The smallest absolute Gasteiger partial charge is 0.206 e. The molecular weight excluding hydrogens is 274 g/mol. The lowest BCUT2D eigenvalue weighted by atomic mass is 10.0. The third-order valence-electron chi connectivity index (χ3n) is 3.51. The van der Waals surface area contributed by atoms with Crippen molar-refractivity contribution in [3.8, 4) is 11.5 Å².